The number of nitrogens with one attached hydrogen (secondary N) is 1. The van der Waals surface area contributed by atoms with E-state index in [2.05, 4.69) is 10.3 Å². The Morgan fingerprint density at radius 2 is 2.16 bits per heavy atom. The van der Waals surface area contributed by atoms with Crippen molar-refractivity contribution in [2.24, 2.45) is 0 Å². The molecule has 19 heavy (non-hydrogen) atoms. The number of anilines is 2. The summed E-state index contributed by atoms with van der Waals surface area (Å²) in [5.74, 6) is -0.257. The number of nitrogens with zero attached hydrogens (tertiary/aromatic N) is 1. The maximum Gasteiger partial charge on any atom is 0.260 e. The highest BCUT2D eigenvalue weighted by molar-refractivity contribution is 6.06. The van der Waals surface area contributed by atoms with Crippen LogP contribution in [0.4, 0.5) is 15.9 Å². The fraction of sp³-hybridized carbons (Fsp3) is 0.0769. The van der Waals surface area contributed by atoms with Crippen LogP contribution in [0.3, 0.4) is 0 Å². The number of ether oxygens (including phenoxy) is 1. The van der Waals surface area contributed by atoms with Crippen LogP contribution in [0.25, 0.3) is 0 Å². The van der Waals surface area contributed by atoms with Crippen LogP contribution >= 0.6 is 0 Å². The zero-order chi connectivity index (χ0) is 13.8. The second-order valence-electron chi connectivity index (χ2n) is 3.78. The fourth-order valence-electron chi connectivity index (χ4n) is 1.54. The first-order valence-electron chi connectivity index (χ1n) is 5.46. The number of pyridine rings is 1. The van der Waals surface area contributed by atoms with Gasteiger partial charge >= 0.3 is 0 Å². The lowest BCUT2D eigenvalue weighted by Crippen LogP contribution is -2.14. The molecule has 0 aliphatic carbocycles. The van der Waals surface area contributed by atoms with Gasteiger partial charge in [0.15, 0.2) is 0 Å². The summed E-state index contributed by atoms with van der Waals surface area (Å²) in [5.41, 5.74) is 6.36. The molecule has 2 aromatic rings. The van der Waals surface area contributed by atoms with E-state index in [1.54, 1.807) is 12.1 Å². The molecule has 1 amide bonds. The maximum absolute atomic E-state index is 12.7. The smallest absolute Gasteiger partial charge is 0.260 e. The van der Waals surface area contributed by atoms with Gasteiger partial charge in [0.25, 0.3) is 5.91 Å². The van der Waals surface area contributed by atoms with Gasteiger partial charge in [-0.1, -0.05) is 0 Å². The number of nitrogen functional groups attached to an aromatic ring is 1. The molecule has 3 N–H and O–H groups in total. The quantitative estimate of drug-likeness (QED) is 0.829. The summed E-state index contributed by atoms with van der Waals surface area (Å²) in [6.07, 6.45) is 1.02. The summed E-state index contributed by atoms with van der Waals surface area (Å²) >= 11 is 0. The number of methoxy groups -OCH3 is 1. The first-order valence-corrected chi connectivity index (χ1v) is 5.46. The van der Waals surface area contributed by atoms with E-state index in [0.717, 1.165) is 6.20 Å². The molecule has 1 aromatic carbocycles. The molecular formula is C13H12FN3O2. The van der Waals surface area contributed by atoms with E-state index < -0.39 is 11.7 Å². The Balaban J connectivity index is 2.24. The number of aromatic nitrogens is 1. The van der Waals surface area contributed by atoms with Crippen molar-refractivity contribution in [2.75, 3.05) is 18.2 Å². The normalized spacial score (nSPS) is 10.0. The number of hydrogen-bond acceptors (Lipinski definition) is 4. The van der Waals surface area contributed by atoms with Crippen molar-refractivity contribution < 1.29 is 13.9 Å². The lowest BCUT2D eigenvalue weighted by atomic mass is 10.1. The monoisotopic (exact) mass is 261 g/mol. The SMILES string of the molecule is COc1ccc(N)cc1C(=O)Nc1ccc(F)cn1. The Morgan fingerprint density at radius 3 is 2.79 bits per heavy atom. The summed E-state index contributed by atoms with van der Waals surface area (Å²) in [6, 6.07) is 7.30. The number of amides is 1. The Hall–Kier alpha value is -2.63. The average molecular weight is 261 g/mol. The van der Waals surface area contributed by atoms with Crippen LogP contribution in [0.5, 0.6) is 5.75 Å². The van der Waals surface area contributed by atoms with Crippen molar-refractivity contribution in [3.63, 3.8) is 0 Å². The minimum Gasteiger partial charge on any atom is -0.496 e. The van der Waals surface area contributed by atoms with Crippen molar-refractivity contribution >= 4 is 17.4 Å². The topological polar surface area (TPSA) is 77.2 Å². The van der Waals surface area contributed by atoms with E-state index in [1.807, 2.05) is 0 Å². The molecule has 6 heteroatoms. The second kappa shape index (κ2) is 5.34. The molecule has 5 nitrogen and oxygen atoms in total. The second-order valence-corrected chi connectivity index (χ2v) is 3.78. The first kappa shape index (κ1) is 12.8. The van der Waals surface area contributed by atoms with E-state index in [1.165, 1.54) is 25.3 Å². The molecule has 98 valence electrons. The van der Waals surface area contributed by atoms with Gasteiger partial charge in [0.2, 0.25) is 0 Å². The van der Waals surface area contributed by atoms with Gasteiger partial charge in [-0.05, 0) is 30.3 Å². The van der Waals surface area contributed by atoms with Crippen molar-refractivity contribution in [3.8, 4) is 5.75 Å². The highest BCUT2D eigenvalue weighted by Gasteiger charge is 2.13. The number of carbonyl (C=O) groups excluding carboxylic acids is 1. The number of hydrogen-bond donors (Lipinski definition) is 2. The highest BCUT2D eigenvalue weighted by Crippen LogP contribution is 2.22. The van der Waals surface area contributed by atoms with Gasteiger partial charge in [0.05, 0.1) is 18.9 Å². The molecule has 2 rings (SSSR count). The van der Waals surface area contributed by atoms with Crippen LogP contribution < -0.4 is 15.8 Å². The van der Waals surface area contributed by atoms with Crippen LogP contribution in [0, 0.1) is 5.82 Å². The standard InChI is InChI=1S/C13H12FN3O2/c1-19-11-4-3-9(15)6-10(11)13(18)17-12-5-2-8(14)7-16-12/h2-7H,15H2,1H3,(H,16,17,18). The molecule has 1 aromatic heterocycles. The third kappa shape index (κ3) is 2.98. The lowest BCUT2D eigenvalue weighted by molar-refractivity contribution is 0.102. The van der Waals surface area contributed by atoms with Crippen LogP contribution in [-0.2, 0) is 0 Å². The van der Waals surface area contributed by atoms with Gasteiger partial charge in [0, 0.05) is 5.69 Å². The van der Waals surface area contributed by atoms with E-state index >= 15 is 0 Å². The van der Waals surface area contributed by atoms with E-state index in [0.29, 0.717) is 11.4 Å². The van der Waals surface area contributed by atoms with Gasteiger partial charge in [-0.15, -0.1) is 0 Å². The van der Waals surface area contributed by atoms with Crippen molar-refractivity contribution in [1.29, 1.82) is 0 Å². The van der Waals surface area contributed by atoms with Gasteiger partial charge in [0.1, 0.15) is 17.4 Å². The summed E-state index contributed by atoms with van der Waals surface area (Å²) in [4.78, 5) is 15.8. The molecule has 0 atom stereocenters. The minimum atomic E-state index is -0.473. The van der Waals surface area contributed by atoms with Crippen LogP contribution in [-0.4, -0.2) is 18.0 Å². The van der Waals surface area contributed by atoms with Gasteiger partial charge in [-0.2, -0.15) is 0 Å². The molecular weight excluding hydrogens is 249 g/mol. The van der Waals surface area contributed by atoms with Crippen LogP contribution in [0.15, 0.2) is 36.5 Å². The van der Waals surface area contributed by atoms with Gasteiger partial charge in [-0.3, -0.25) is 4.79 Å². The molecule has 0 radical (unpaired) electrons. The maximum atomic E-state index is 12.7. The predicted molar refractivity (Wildman–Crippen MR) is 69.6 cm³/mol. The van der Waals surface area contributed by atoms with Crippen molar-refractivity contribution in [3.05, 3.63) is 47.9 Å². The van der Waals surface area contributed by atoms with E-state index in [4.69, 9.17) is 10.5 Å². The third-order valence-corrected chi connectivity index (χ3v) is 2.44. The first-order chi connectivity index (χ1) is 9.10. The fourth-order valence-corrected chi connectivity index (χ4v) is 1.54. The van der Waals surface area contributed by atoms with Crippen molar-refractivity contribution in [1.82, 2.24) is 4.98 Å². The van der Waals surface area contributed by atoms with Gasteiger partial charge in [-0.25, -0.2) is 9.37 Å². The van der Waals surface area contributed by atoms with Gasteiger partial charge < -0.3 is 15.8 Å². The summed E-state index contributed by atoms with van der Waals surface area (Å²) in [5, 5.41) is 2.54. The minimum absolute atomic E-state index is 0.246. The summed E-state index contributed by atoms with van der Waals surface area (Å²) in [7, 11) is 1.46. The zero-order valence-corrected chi connectivity index (χ0v) is 10.2. The number of benzene rings is 1. The number of nitrogens with two attached hydrogens (primary N) is 1. The molecule has 1 heterocycles. The molecule has 0 spiro atoms. The largest absolute Gasteiger partial charge is 0.496 e. The molecule has 0 saturated carbocycles. The molecule has 0 bridgehead atoms. The number of rotatable bonds is 3. The Morgan fingerprint density at radius 1 is 1.37 bits per heavy atom. The van der Waals surface area contributed by atoms with Crippen LogP contribution in [0.2, 0.25) is 0 Å². The van der Waals surface area contributed by atoms with Crippen molar-refractivity contribution in [2.45, 2.75) is 0 Å². The van der Waals surface area contributed by atoms with E-state index in [-0.39, 0.29) is 11.4 Å². The Bertz CT molecular complexity index is 599. The third-order valence-electron chi connectivity index (χ3n) is 2.44. The molecule has 0 aliphatic heterocycles. The average Bonchev–Trinajstić information content (AvgIpc) is 2.41. The summed E-state index contributed by atoms with van der Waals surface area (Å²) < 4.78 is 17.8. The lowest BCUT2D eigenvalue weighted by Gasteiger charge is -2.09. The predicted octanol–water partition coefficient (Wildman–Crippen LogP) is 2.06. The zero-order valence-electron chi connectivity index (χ0n) is 10.2. The molecule has 0 saturated heterocycles. The Labute approximate surface area is 109 Å². The van der Waals surface area contributed by atoms with Crippen LogP contribution in [0.1, 0.15) is 10.4 Å². The molecule has 0 fully saturated rings. The summed E-state index contributed by atoms with van der Waals surface area (Å²) in [6.45, 7) is 0. The van der Waals surface area contributed by atoms with E-state index in [9.17, 15) is 9.18 Å². The highest BCUT2D eigenvalue weighted by atomic mass is 19.1. The molecule has 0 unspecified atom stereocenters. The number of halogens is 1. The number of carbonyl (C=O) groups is 1. The Kier molecular flexibility index (Phi) is 3.61. The molecule has 0 aliphatic rings.